The largest absolute Gasteiger partial charge is 0.416 e. The van der Waals surface area contributed by atoms with E-state index in [1.807, 2.05) is 19.1 Å². The number of primary amides is 1. The minimum Gasteiger partial charge on any atom is -0.369 e. The first-order valence-electron chi connectivity index (χ1n) is 10.6. The number of benzene rings is 2. The lowest BCUT2D eigenvalue weighted by molar-refractivity contribution is -0.138. The molecule has 4 rings (SSSR count). The highest BCUT2D eigenvalue weighted by Gasteiger charge is 2.31. The first kappa shape index (κ1) is 25.6. The van der Waals surface area contributed by atoms with E-state index in [0.717, 1.165) is 17.7 Å². The highest BCUT2D eigenvalue weighted by molar-refractivity contribution is 5.99. The molecular weight excluding hydrogens is 465 g/mol. The maximum absolute atomic E-state index is 12.8. The van der Waals surface area contributed by atoms with E-state index >= 15 is 0 Å². The van der Waals surface area contributed by atoms with E-state index in [1.165, 1.54) is 16.7 Å². The fraction of sp³-hybridized carbons (Fsp3) is 0.292. The molecule has 1 aliphatic rings. The van der Waals surface area contributed by atoms with Crippen molar-refractivity contribution in [3.05, 3.63) is 75.3 Å². The number of hydrogen-bond donors (Lipinski definition) is 2. The fourth-order valence-electron chi connectivity index (χ4n) is 3.83. The number of nitrogens with zero attached hydrogens (tertiary/aromatic N) is 2. The Kier molecular flexibility index (Phi) is 7.37. The number of halogens is 3. The van der Waals surface area contributed by atoms with Gasteiger partial charge in [-0.05, 0) is 49.6 Å². The fourth-order valence-corrected chi connectivity index (χ4v) is 3.83. The van der Waals surface area contributed by atoms with Gasteiger partial charge in [0.05, 0.1) is 22.9 Å². The number of piperidine rings is 1. The van der Waals surface area contributed by atoms with Crippen LogP contribution < -0.4 is 16.6 Å². The molecule has 1 fully saturated rings. The quantitative estimate of drug-likeness (QED) is 0.549. The number of carbonyl (C=O) groups is 3. The highest BCUT2D eigenvalue weighted by atomic mass is 19.4. The summed E-state index contributed by atoms with van der Waals surface area (Å²) in [5.74, 6) is -0.824. The first-order valence-corrected chi connectivity index (χ1v) is 10.6. The number of aryl methyl sites for hydroxylation is 2. The number of rotatable bonds is 3. The second-order valence-electron chi connectivity index (χ2n) is 8.11. The van der Waals surface area contributed by atoms with E-state index in [2.05, 4.69) is 10.3 Å². The molecule has 35 heavy (non-hydrogen) atoms. The molecule has 1 aliphatic heterocycles. The average Bonchev–Trinajstić information content (AvgIpc) is 2.75. The molecule has 2 aromatic carbocycles. The number of nitrogens with two attached hydrogens (primary N) is 1. The van der Waals surface area contributed by atoms with Gasteiger partial charge in [-0.1, -0.05) is 24.3 Å². The van der Waals surface area contributed by atoms with Gasteiger partial charge < -0.3 is 5.73 Å². The van der Waals surface area contributed by atoms with Crippen molar-refractivity contribution in [3.8, 4) is 0 Å². The van der Waals surface area contributed by atoms with Gasteiger partial charge in [-0.15, -0.1) is 0 Å². The van der Waals surface area contributed by atoms with Crippen LogP contribution >= 0.6 is 0 Å². The lowest BCUT2D eigenvalue weighted by Gasteiger charge is -2.24. The molecule has 2 heterocycles. The summed E-state index contributed by atoms with van der Waals surface area (Å²) in [6.07, 6.45) is -3.83. The molecule has 0 spiro atoms. The Bertz CT molecular complexity index is 1350. The van der Waals surface area contributed by atoms with Crippen molar-refractivity contribution in [2.24, 2.45) is 5.73 Å². The van der Waals surface area contributed by atoms with Crippen molar-refractivity contribution in [1.29, 1.82) is 0 Å². The van der Waals surface area contributed by atoms with E-state index in [4.69, 9.17) is 5.73 Å². The molecule has 3 aromatic rings. The van der Waals surface area contributed by atoms with E-state index in [0.29, 0.717) is 28.7 Å². The summed E-state index contributed by atoms with van der Waals surface area (Å²) < 4.78 is 37.7. The van der Waals surface area contributed by atoms with Crippen LogP contribution in [0.25, 0.3) is 10.9 Å². The van der Waals surface area contributed by atoms with Crippen molar-refractivity contribution < 1.29 is 27.6 Å². The summed E-state index contributed by atoms with van der Waals surface area (Å²) in [7, 11) is 0. The van der Waals surface area contributed by atoms with Gasteiger partial charge in [-0.25, -0.2) is 4.98 Å². The van der Waals surface area contributed by atoms with Crippen LogP contribution in [0.5, 0.6) is 0 Å². The van der Waals surface area contributed by atoms with Crippen molar-refractivity contribution in [1.82, 2.24) is 14.9 Å². The van der Waals surface area contributed by atoms with Crippen molar-refractivity contribution in [2.75, 3.05) is 0 Å². The molecule has 184 valence electrons. The third-order valence-electron chi connectivity index (χ3n) is 5.50. The molecule has 8 nitrogen and oxygen atoms in total. The third kappa shape index (κ3) is 5.92. The maximum atomic E-state index is 12.8. The minimum absolute atomic E-state index is 0.0435. The Morgan fingerprint density at radius 1 is 1.11 bits per heavy atom. The number of alkyl halides is 3. The molecule has 3 N–H and O–H groups in total. The molecule has 1 saturated heterocycles. The summed E-state index contributed by atoms with van der Waals surface area (Å²) in [4.78, 5) is 50.9. The molecule has 0 radical (unpaired) electrons. The van der Waals surface area contributed by atoms with Crippen LogP contribution in [-0.2, 0) is 27.0 Å². The van der Waals surface area contributed by atoms with Crippen LogP contribution in [0.1, 0.15) is 41.4 Å². The standard InChI is InChI=1S/C15H15N3O3.C9H8F3NO/c1-8-4-3-5-10-13(8)15(21)18(9(2)16-10)11-6-7-12(19)17-14(11)20;10-9(11,12)7-3-1-6(2-4-7)5-8(13)14/h3-5,11H,6-7H2,1-2H3,(H,17,19,20);1-4H,5H2,(H2,13,14). The molecule has 1 aromatic heterocycles. The first-order chi connectivity index (χ1) is 16.4. The zero-order valence-corrected chi connectivity index (χ0v) is 19.0. The number of nitrogens with one attached hydrogen (secondary N) is 1. The number of amides is 3. The van der Waals surface area contributed by atoms with Crippen molar-refractivity contribution in [2.45, 2.75) is 45.3 Å². The number of fused-ring (bicyclic) bond motifs is 1. The number of hydrogen-bond acceptors (Lipinski definition) is 5. The van der Waals surface area contributed by atoms with Gasteiger partial charge in [-0.3, -0.25) is 29.1 Å². The molecule has 0 bridgehead atoms. The summed E-state index contributed by atoms with van der Waals surface area (Å²) >= 11 is 0. The topological polar surface area (TPSA) is 124 Å². The van der Waals surface area contributed by atoms with Crippen LogP contribution in [0.15, 0.2) is 47.3 Å². The lowest BCUT2D eigenvalue weighted by atomic mass is 10.0. The van der Waals surface area contributed by atoms with E-state index in [-0.39, 0.29) is 24.3 Å². The van der Waals surface area contributed by atoms with E-state index in [1.54, 1.807) is 13.0 Å². The number of imide groups is 1. The van der Waals surface area contributed by atoms with Gasteiger partial charge in [0.1, 0.15) is 11.9 Å². The van der Waals surface area contributed by atoms with Gasteiger partial charge in [-0.2, -0.15) is 13.2 Å². The molecule has 11 heteroatoms. The second kappa shape index (κ2) is 10.1. The Balaban J connectivity index is 0.000000214. The number of carbonyl (C=O) groups excluding carboxylic acids is 3. The predicted octanol–water partition coefficient (Wildman–Crippen LogP) is 2.72. The highest BCUT2D eigenvalue weighted by Crippen LogP contribution is 2.29. The van der Waals surface area contributed by atoms with Gasteiger partial charge in [0.15, 0.2) is 0 Å². The van der Waals surface area contributed by atoms with Gasteiger partial charge in [0.25, 0.3) is 5.56 Å². The van der Waals surface area contributed by atoms with Crippen LogP contribution in [0.2, 0.25) is 0 Å². The normalized spacial score (nSPS) is 15.9. The van der Waals surface area contributed by atoms with Crippen molar-refractivity contribution >= 4 is 28.6 Å². The molecule has 1 atom stereocenters. The van der Waals surface area contributed by atoms with Crippen LogP contribution in [0.4, 0.5) is 13.2 Å². The monoisotopic (exact) mass is 488 g/mol. The average molecular weight is 488 g/mol. The summed E-state index contributed by atoms with van der Waals surface area (Å²) in [6, 6.07) is 9.14. The third-order valence-corrected chi connectivity index (χ3v) is 5.50. The maximum Gasteiger partial charge on any atom is 0.416 e. The molecule has 0 aliphatic carbocycles. The SMILES string of the molecule is Cc1cccc2nc(C)n(C3CCC(=O)NC3=O)c(=O)c12.NC(=O)Cc1ccc(C(F)(F)F)cc1. The molecule has 1 unspecified atom stereocenters. The molecule has 3 amide bonds. The summed E-state index contributed by atoms with van der Waals surface area (Å²) in [6.45, 7) is 3.54. The molecular formula is C24H23F3N4O4. The summed E-state index contributed by atoms with van der Waals surface area (Å²) in [5.41, 5.74) is 5.85. The minimum atomic E-state index is -4.34. The van der Waals surface area contributed by atoms with E-state index in [9.17, 15) is 32.3 Å². The Morgan fingerprint density at radius 2 is 1.77 bits per heavy atom. The van der Waals surface area contributed by atoms with Crippen LogP contribution in [0, 0.1) is 13.8 Å². The van der Waals surface area contributed by atoms with Gasteiger partial charge >= 0.3 is 6.18 Å². The smallest absolute Gasteiger partial charge is 0.369 e. The molecule has 0 saturated carbocycles. The Labute approximate surface area is 198 Å². The zero-order chi connectivity index (χ0) is 25.9. The van der Waals surface area contributed by atoms with Crippen LogP contribution in [0.3, 0.4) is 0 Å². The van der Waals surface area contributed by atoms with Crippen LogP contribution in [-0.4, -0.2) is 27.3 Å². The van der Waals surface area contributed by atoms with Crippen molar-refractivity contribution in [3.63, 3.8) is 0 Å². The Morgan fingerprint density at radius 3 is 2.34 bits per heavy atom. The Hall–Kier alpha value is -4.02. The van der Waals surface area contributed by atoms with E-state index < -0.39 is 29.6 Å². The predicted molar refractivity (Wildman–Crippen MR) is 121 cm³/mol. The second-order valence-corrected chi connectivity index (χ2v) is 8.11. The summed E-state index contributed by atoms with van der Waals surface area (Å²) in [5, 5.41) is 2.80. The van der Waals surface area contributed by atoms with Gasteiger partial charge in [0.2, 0.25) is 17.7 Å². The number of aromatic nitrogens is 2. The lowest BCUT2D eigenvalue weighted by Crippen LogP contribution is -2.45. The van der Waals surface area contributed by atoms with Gasteiger partial charge in [0, 0.05) is 6.42 Å². The zero-order valence-electron chi connectivity index (χ0n) is 19.0.